The van der Waals surface area contributed by atoms with E-state index in [2.05, 4.69) is 40.2 Å². The number of halogens is 3. The topological polar surface area (TPSA) is 0 Å². The first-order valence-corrected chi connectivity index (χ1v) is 8.10. The highest BCUT2D eigenvalue weighted by Gasteiger charge is 2.27. The lowest BCUT2D eigenvalue weighted by Gasteiger charge is -2.30. The molecule has 0 nitrogen and oxygen atoms in total. The largest absolute Gasteiger partial charge is 0.207 e. The quantitative estimate of drug-likeness (QED) is 0.606. The predicted molar refractivity (Wildman–Crippen MR) is 85.0 cm³/mol. The normalized spacial score (nSPS) is 21.6. The van der Waals surface area contributed by atoms with Crippen LogP contribution in [0.2, 0.25) is 5.02 Å². The molecule has 2 atom stereocenters. The molecule has 0 amide bonds. The van der Waals surface area contributed by atoms with Crippen molar-refractivity contribution in [2.75, 3.05) is 0 Å². The summed E-state index contributed by atoms with van der Waals surface area (Å²) < 4.78 is 13.1. The molecule has 0 fully saturated rings. The minimum absolute atomic E-state index is 0.275. The van der Waals surface area contributed by atoms with Crippen LogP contribution in [-0.4, -0.2) is 0 Å². The monoisotopic (exact) mass is 352 g/mol. The number of alkyl halides is 1. The summed E-state index contributed by atoms with van der Waals surface area (Å²) in [5.74, 6) is 0.219. The van der Waals surface area contributed by atoms with Gasteiger partial charge in [0.25, 0.3) is 0 Å². The van der Waals surface area contributed by atoms with E-state index in [1.165, 1.54) is 23.3 Å². The Bertz CT molecular complexity index is 626. The van der Waals surface area contributed by atoms with Crippen LogP contribution in [0.25, 0.3) is 0 Å². The van der Waals surface area contributed by atoms with Crippen molar-refractivity contribution in [2.24, 2.45) is 5.92 Å². The lowest BCUT2D eigenvalue weighted by Crippen LogP contribution is -2.19. The summed E-state index contributed by atoms with van der Waals surface area (Å²) in [5.41, 5.74) is 3.83. The molecule has 3 rings (SSSR count). The standard InChI is InChI=1S/C17H15BrClF/c18-17-13(6-5-11-3-1-2-4-15(11)17)9-12-7-8-14(20)10-16(12)19/h1-4,7-8,10,13,17H,5-6,9H2. The molecule has 0 N–H and O–H groups in total. The van der Waals surface area contributed by atoms with Gasteiger partial charge in [0.15, 0.2) is 0 Å². The maximum Gasteiger partial charge on any atom is 0.124 e. The number of hydrogen-bond donors (Lipinski definition) is 0. The summed E-state index contributed by atoms with van der Waals surface area (Å²) in [5, 5.41) is 0.531. The van der Waals surface area contributed by atoms with Crippen molar-refractivity contribution in [1.29, 1.82) is 0 Å². The molecule has 0 saturated carbocycles. The Labute approximate surface area is 132 Å². The van der Waals surface area contributed by atoms with Gasteiger partial charge in [0, 0.05) is 9.85 Å². The molecule has 104 valence electrons. The van der Waals surface area contributed by atoms with Crippen LogP contribution in [0.5, 0.6) is 0 Å². The lowest BCUT2D eigenvalue weighted by molar-refractivity contribution is 0.452. The average molecular weight is 354 g/mol. The minimum atomic E-state index is -0.275. The smallest absolute Gasteiger partial charge is 0.124 e. The average Bonchev–Trinajstić information content (AvgIpc) is 2.45. The maximum absolute atomic E-state index is 13.1. The van der Waals surface area contributed by atoms with Crippen LogP contribution in [0.15, 0.2) is 42.5 Å². The molecule has 0 aromatic heterocycles. The highest BCUT2D eigenvalue weighted by Crippen LogP contribution is 2.42. The van der Waals surface area contributed by atoms with Crippen LogP contribution in [0.4, 0.5) is 4.39 Å². The molecule has 2 aromatic rings. The van der Waals surface area contributed by atoms with Gasteiger partial charge in [-0.05, 0) is 54.0 Å². The van der Waals surface area contributed by atoms with Crippen molar-refractivity contribution in [3.05, 3.63) is 70.0 Å². The fourth-order valence-electron chi connectivity index (χ4n) is 2.95. The van der Waals surface area contributed by atoms with E-state index in [0.29, 0.717) is 15.8 Å². The molecular formula is C17H15BrClF. The third kappa shape index (κ3) is 2.77. The molecule has 1 aliphatic carbocycles. The van der Waals surface area contributed by atoms with Gasteiger partial charge in [-0.25, -0.2) is 4.39 Å². The molecule has 0 bridgehead atoms. The first-order chi connectivity index (χ1) is 9.65. The number of hydrogen-bond acceptors (Lipinski definition) is 0. The van der Waals surface area contributed by atoms with Gasteiger partial charge in [0.2, 0.25) is 0 Å². The van der Waals surface area contributed by atoms with Crippen molar-refractivity contribution in [3.63, 3.8) is 0 Å². The van der Waals surface area contributed by atoms with Gasteiger partial charge >= 0.3 is 0 Å². The van der Waals surface area contributed by atoms with Crippen molar-refractivity contribution >= 4 is 27.5 Å². The molecule has 2 aromatic carbocycles. The van der Waals surface area contributed by atoms with E-state index in [9.17, 15) is 4.39 Å². The van der Waals surface area contributed by atoms with Gasteiger partial charge in [-0.2, -0.15) is 0 Å². The maximum atomic E-state index is 13.1. The summed E-state index contributed by atoms with van der Waals surface area (Å²) in [7, 11) is 0. The van der Waals surface area contributed by atoms with Gasteiger partial charge in [0.05, 0.1) is 0 Å². The number of aryl methyl sites for hydroxylation is 1. The minimum Gasteiger partial charge on any atom is -0.207 e. The van der Waals surface area contributed by atoms with E-state index in [1.807, 2.05) is 0 Å². The van der Waals surface area contributed by atoms with Crippen molar-refractivity contribution < 1.29 is 4.39 Å². The van der Waals surface area contributed by atoms with Crippen LogP contribution in [-0.2, 0) is 12.8 Å². The van der Waals surface area contributed by atoms with Crippen LogP contribution in [0, 0.1) is 11.7 Å². The summed E-state index contributed by atoms with van der Waals surface area (Å²) in [4.78, 5) is 0.341. The van der Waals surface area contributed by atoms with Gasteiger partial charge in [-0.15, -0.1) is 0 Å². The van der Waals surface area contributed by atoms with E-state index in [1.54, 1.807) is 6.07 Å². The Morgan fingerprint density at radius 3 is 2.80 bits per heavy atom. The first-order valence-electron chi connectivity index (χ1n) is 6.81. The van der Waals surface area contributed by atoms with Gasteiger partial charge in [-0.3, -0.25) is 0 Å². The van der Waals surface area contributed by atoms with Crippen LogP contribution < -0.4 is 0 Å². The van der Waals surface area contributed by atoms with Crippen LogP contribution >= 0.6 is 27.5 Å². The second-order valence-electron chi connectivity index (χ2n) is 5.34. The highest BCUT2D eigenvalue weighted by atomic mass is 79.9. The Balaban J connectivity index is 1.83. The third-order valence-electron chi connectivity index (χ3n) is 4.05. The Morgan fingerprint density at radius 1 is 1.20 bits per heavy atom. The van der Waals surface area contributed by atoms with E-state index < -0.39 is 0 Å². The highest BCUT2D eigenvalue weighted by molar-refractivity contribution is 9.09. The molecule has 0 radical (unpaired) electrons. The Morgan fingerprint density at radius 2 is 2.00 bits per heavy atom. The molecule has 0 aliphatic heterocycles. The fraction of sp³-hybridized carbons (Fsp3) is 0.294. The first kappa shape index (κ1) is 14.1. The number of fused-ring (bicyclic) bond motifs is 1. The van der Waals surface area contributed by atoms with Crippen molar-refractivity contribution in [1.82, 2.24) is 0 Å². The lowest BCUT2D eigenvalue weighted by atomic mass is 9.81. The summed E-state index contributed by atoms with van der Waals surface area (Å²) in [6.45, 7) is 0. The van der Waals surface area contributed by atoms with E-state index in [0.717, 1.165) is 24.8 Å². The van der Waals surface area contributed by atoms with E-state index in [4.69, 9.17) is 11.6 Å². The molecule has 0 spiro atoms. The summed E-state index contributed by atoms with van der Waals surface area (Å²) >= 11 is 9.97. The molecule has 2 unspecified atom stereocenters. The van der Waals surface area contributed by atoms with Gasteiger partial charge in [-0.1, -0.05) is 57.9 Å². The third-order valence-corrected chi connectivity index (χ3v) is 5.64. The molecule has 1 aliphatic rings. The number of benzene rings is 2. The SMILES string of the molecule is Fc1ccc(CC2CCc3ccccc3C2Br)c(Cl)c1. The zero-order chi connectivity index (χ0) is 14.1. The van der Waals surface area contributed by atoms with Gasteiger partial charge in [0.1, 0.15) is 5.82 Å². The molecule has 0 saturated heterocycles. The van der Waals surface area contributed by atoms with Crippen molar-refractivity contribution in [2.45, 2.75) is 24.1 Å². The fourth-order valence-corrected chi connectivity index (χ4v) is 4.09. The summed E-state index contributed by atoms with van der Waals surface area (Å²) in [6, 6.07) is 13.3. The summed E-state index contributed by atoms with van der Waals surface area (Å²) in [6.07, 6.45) is 3.10. The number of rotatable bonds is 2. The molecular weight excluding hydrogens is 339 g/mol. The van der Waals surface area contributed by atoms with Crippen LogP contribution in [0.3, 0.4) is 0 Å². The molecule has 0 heterocycles. The van der Waals surface area contributed by atoms with E-state index in [-0.39, 0.29) is 5.82 Å². The zero-order valence-corrected chi connectivity index (χ0v) is 13.3. The second kappa shape index (κ2) is 5.87. The molecule has 3 heteroatoms. The van der Waals surface area contributed by atoms with Crippen LogP contribution in [0.1, 0.15) is 27.9 Å². The van der Waals surface area contributed by atoms with E-state index >= 15 is 0 Å². The zero-order valence-electron chi connectivity index (χ0n) is 11.0. The Kier molecular flexibility index (Phi) is 4.13. The Hall–Kier alpha value is -0.860. The van der Waals surface area contributed by atoms with Gasteiger partial charge < -0.3 is 0 Å². The second-order valence-corrected chi connectivity index (χ2v) is 6.73. The molecule has 20 heavy (non-hydrogen) atoms. The van der Waals surface area contributed by atoms with Crippen molar-refractivity contribution in [3.8, 4) is 0 Å². The predicted octanol–water partition coefficient (Wildman–Crippen LogP) is 5.72.